The van der Waals surface area contributed by atoms with Gasteiger partial charge in [0, 0.05) is 18.5 Å². The fraction of sp³-hybridized carbons (Fsp3) is 0.261. The molecule has 2 amide bonds. The molecule has 0 radical (unpaired) electrons. The number of nitrogens with zero attached hydrogens (tertiary/aromatic N) is 2. The molecule has 2 aromatic carbocycles. The Balaban J connectivity index is 1.38. The molecule has 148 valence electrons. The molecule has 3 aromatic rings. The molecule has 6 nitrogen and oxygen atoms in total. The second kappa shape index (κ2) is 7.91. The summed E-state index contributed by atoms with van der Waals surface area (Å²) in [5.74, 6) is -0.241. The maximum absolute atomic E-state index is 12.6. The number of hydrogen-bond donors (Lipinski definition) is 2. The highest BCUT2D eigenvalue weighted by Gasteiger charge is 2.29. The molecule has 0 unspecified atom stereocenters. The zero-order valence-electron chi connectivity index (χ0n) is 16.6. The third-order valence-electron chi connectivity index (χ3n) is 5.43. The first-order valence-corrected chi connectivity index (χ1v) is 9.76. The maximum atomic E-state index is 12.6. The lowest BCUT2D eigenvalue weighted by Gasteiger charge is -2.12. The first-order valence-electron chi connectivity index (χ1n) is 9.76. The lowest BCUT2D eigenvalue weighted by molar-refractivity contribution is 0.0934. The number of fused-ring (bicyclic) bond motifs is 1. The monoisotopic (exact) mass is 388 g/mol. The first kappa shape index (κ1) is 18.9. The van der Waals surface area contributed by atoms with E-state index in [1.165, 1.54) is 0 Å². The molecule has 0 saturated heterocycles. The van der Waals surface area contributed by atoms with Crippen LogP contribution in [0, 0.1) is 13.8 Å². The summed E-state index contributed by atoms with van der Waals surface area (Å²) in [4.78, 5) is 25.2. The Morgan fingerprint density at radius 2 is 1.86 bits per heavy atom. The van der Waals surface area contributed by atoms with E-state index in [0.29, 0.717) is 30.6 Å². The van der Waals surface area contributed by atoms with Crippen molar-refractivity contribution in [3.05, 3.63) is 88.2 Å². The number of amides is 2. The summed E-state index contributed by atoms with van der Waals surface area (Å²) in [7, 11) is 0. The van der Waals surface area contributed by atoms with E-state index in [1.54, 1.807) is 6.20 Å². The molecule has 29 heavy (non-hydrogen) atoms. The van der Waals surface area contributed by atoms with Crippen LogP contribution < -0.4 is 10.6 Å². The van der Waals surface area contributed by atoms with Crippen LogP contribution in [0.15, 0.2) is 54.7 Å². The van der Waals surface area contributed by atoms with Crippen molar-refractivity contribution in [3.63, 3.8) is 0 Å². The highest BCUT2D eigenvalue weighted by Crippen LogP contribution is 2.20. The third kappa shape index (κ3) is 4.06. The summed E-state index contributed by atoms with van der Waals surface area (Å²) in [5.41, 5.74) is 5.38. The van der Waals surface area contributed by atoms with Gasteiger partial charge in [0.2, 0.25) is 0 Å². The molecule has 0 fully saturated rings. The molecule has 1 atom stereocenters. The quantitative estimate of drug-likeness (QED) is 0.706. The van der Waals surface area contributed by atoms with E-state index < -0.39 is 0 Å². The van der Waals surface area contributed by atoms with Gasteiger partial charge >= 0.3 is 0 Å². The van der Waals surface area contributed by atoms with Gasteiger partial charge < -0.3 is 10.6 Å². The fourth-order valence-corrected chi connectivity index (χ4v) is 3.60. The Morgan fingerprint density at radius 3 is 2.62 bits per heavy atom. The van der Waals surface area contributed by atoms with Crippen molar-refractivity contribution in [1.82, 2.24) is 20.4 Å². The summed E-state index contributed by atoms with van der Waals surface area (Å²) >= 11 is 0. The maximum Gasteiger partial charge on any atom is 0.255 e. The Labute approximate surface area is 169 Å². The Hall–Kier alpha value is -3.41. The number of benzene rings is 2. The van der Waals surface area contributed by atoms with Gasteiger partial charge in [-0.25, -0.2) is 0 Å². The standard InChI is InChI=1S/C23H24N4O2/c1-15-8-9-18(10-16(15)2)22(28)26-19-11-21-20(13-25-27(21)14-19)23(29)24-12-17-6-4-3-5-7-17/h3-10,13,19H,11-12,14H2,1-2H3,(H,24,29)(H,26,28)/t19-/m0/s1. The van der Waals surface area contributed by atoms with Crippen LogP contribution in [0.3, 0.4) is 0 Å². The van der Waals surface area contributed by atoms with Crippen molar-refractivity contribution in [3.8, 4) is 0 Å². The second-order valence-electron chi connectivity index (χ2n) is 7.53. The molecule has 1 aromatic heterocycles. The minimum absolute atomic E-state index is 0.0755. The Bertz CT molecular complexity index is 1060. The van der Waals surface area contributed by atoms with E-state index in [4.69, 9.17) is 0 Å². The van der Waals surface area contributed by atoms with Gasteiger partial charge in [-0.15, -0.1) is 0 Å². The highest BCUT2D eigenvalue weighted by molar-refractivity contribution is 5.96. The molecule has 0 aliphatic carbocycles. The molecular formula is C23H24N4O2. The van der Waals surface area contributed by atoms with E-state index >= 15 is 0 Å². The lowest BCUT2D eigenvalue weighted by atomic mass is 10.1. The van der Waals surface area contributed by atoms with Crippen LogP contribution >= 0.6 is 0 Å². The summed E-state index contributed by atoms with van der Waals surface area (Å²) in [6.07, 6.45) is 2.20. The Kier molecular flexibility index (Phi) is 5.16. The first-order chi connectivity index (χ1) is 14.0. The topological polar surface area (TPSA) is 76.0 Å². The molecule has 0 saturated carbocycles. The minimum atomic E-state index is -0.142. The molecule has 2 N–H and O–H groups in total. The van der Waals surface area contributed by atoms with Crippen molar-refractivity contribution in [2.75, 3.05) is 0 Å². The molecule has 6 heteroatoms. The van der Waals surface area contributed by atoms with Crippen LogP contribution in [0.2, 0.25) is 0 Å². The van der Waals surface area contributed by atoms with E-state index in [9.17, 15) is 9.59 Å². The number of carbonyl (C=O) groups excluding carboxylic acids is 2. The van der Waals surface area contributed by atoms with Gasteiger partial charge in [0.15, 0.2) is 0 Å². The fourth-order valence-electron chi connectivity index (χ4n) is 3.60. The van der Waals surface area contributed by atoms with E-state index in [0.717, 1.165) is 22.4 Å². The summed E-state index contributed by atoms with van der Waals surface area (Å²) < 4.78 is 1.81. The largest absolute Gasteiger partial charge is 0.348 e. The predicted molar refractivity (Wildman–Crippen MR) is 111 cm³/mol. The zero-order chi connectivity index (χ0) is 20.4. The van der Waals surface area contributed by atoms with Crippen LogP contribution in [0.25, 0.3) is 0 Å². The van der Waals surface area contributed by atoms with Gasteiger partial charge in [0.1, 0.15) is 0 Å². The number of aromatic nitrogens is 2. The number of aryl methyl sites for hydroxylation is 2. The predicted octanol–water partition coefficient (Wildman–Crippen LogP) is 2.78. The van der Waals surface area contributed by atoms with Gasteiger partial charge in [-0.1, -0.05) is 36.4 Å². The normalized spacial score (nSPS) is 15.0. The van der Waals surface area contributed by atoms with E-state index in [1.807, 2.05) is 67.1 Å². The molecular weight excluding hydrogens is 364 g/mol. The Morgan fingerprint density at radius 1 is 1.07 bits per heavy atom. The lowest BCUT2D eigenvalue weighted by Crippen LogP contribution is -2.36. The highest BCUT2D eigenvalue weighted by atomic mass is 16.2. The summed E-state index contributed by atoms with van der Waals surface area (Å²) in [5, 5.41) is 10.3. The van der Waals surface area contributed by atoms with Crippen LogP contribution in [-0.2, 0) is 19.5 Å². The molecule has 0 spiro atoms. The van der Waals surface area contributed by atoms with Crippen LogP contribution in [0.4, 0.5) is 0 Å². The average molecular weight is 388 g/mol. The van der Waals surface area contributed by atoms with Crippen molar-refractivity contribution in [2.45, 2.75) is 39.4 Å². The number of carbonyl (C=O) groups is 2. The van der Waals surface area contributed by atoms with Crippen LogP contribution in [0.1, 0.15) is 43.1 Å². The summed E-state index contributed by atoms with van der Waals surface area (Å²) in [6.45, 7) is 5.06. The molecule has 4 rings (SSSR count). The molecule has 0 bridgehead atoms. The summed E-state index contributed by atoms with van der Waals surface area (Å²) in [6, 6.07) is 15.4. The second-order valence-corrected chi connectivity index (χ2v) is 7.53. The van der Waals surface area contributed by atoms with Crippen LogP contribution in [0.5, 0.6) is 0 Å². The molecule has 2 heterocycles. The smallest absolute Gasteiger partial charge is 0.255 e. The van der Waals surface area contributed by atoms with Gasteiger partial charge in [0.25, 0.3) is 11.8 Å². The van der Waals surface area contributed by atoms with E-state index in [2.05, 4.69) is 15.7 Å². The minimum Gasteiger partial charge on any atom is -0.348 e. The zero-order valence-corrected chi connectivity index (χ0v) is 16.6. The van der Waals surface area contributed by atoms with E-state index in [-0.39, 0.29) is 17.9 Å². The number of hydrogen-bond acceptors (Lipinski definition) is 3. The number of rotatable bonds is 5. The van der Waals surface area contributed by atoms with Crippen LogP contribution in [-0.4, -0.2) is 27.6 Å². The average Bonchev–Trinajstić information content (AvgIpc) is 3.29. The molecule has 1 aliphatic rings. The number of nitrogens with one attached hydrogen (secondary N) is 2. The SMILES string of the molecule is Cc1ccc(C(=O)N[C@H]2Cc3c(C(=O)NCc4ccccc4)cnn3C2)cc1C. The van der Waals surface area contributed by atoms with Crippen molar-refractivity contribution < 1.29 is 9.59 Å². The van der Waals surface area contributed by atoms with Crippen molar-refractivity contribution >= 4 is 11.8 Å². The van der Waals surface area contributed by atoms with Gasteiger partial charge in [-0.2, -0.15) is 5.10 Å². The molecule has 1 aliphatic heterocycles. The third-order valence-corrected chi connectivity index (χ3v) is 5.43. The van der Waals surface area contributed by atoms with Gasteiger partial charge in [-0.3, -0.25) is 14.3 Å². The van der Waals surface area contributed by atoms with Gasteiger partial charge in [-0.05, 0) is 42.7 Å². The van der Waals surface area contributed by atoms with Gasteiger partial charge in [0.05, 0.1) is 30.0 Å². The van der Waals surface area contributed by atoms with Crippen molar-refractivity contribution in [2.24, 2.45) is 0 Å². The van der Waals surface area contributed by atoms with Crippen molar-refractivity contribution in [1.29, 1.82) is 0 Å².